The molecule has 3 heterocycles. The average molecular weight is 286 g/mol. The molecule has 5 nitrogen and oxygen atoms in total. The predicted octanol–water partition coefficient (Wildman–Crippen LogP) is 3.02. The van der Waals surface area contributed by atoms with Crippen LogP contribution >= 0.6 is 11.3 Å². The Bertz CT molecular complexity index is 724. The third kappa shape index (κ3) is 2.55. The van der Waals surface area contributed by atoms with Gasteiger partial charge in [-0.2, -0.15) is 0 Å². The molecule has 0 unspecified atom stereocenters. The lowest BCUT2D eigenvalue weighted by molar-refractivity contribution is 0.397. The maximum atomic E-state index is 5.04. The fourth-order valence-electron chi connectivity index (χ4n) is 1.94. The smallest absolute Gasteiger partial charge is 0.212 e. The van der Waals surface area contributed by atoms with Crippen LogP contribution < -0.4 is 10.1 Å². The molecular weight excluding hydrogens is 272 g/mol. The molecule has 1 N–H and O–H groups in total. The minimum Gasteiger partial charge on any atom is -0.481 e. The summed E-state index contributed by atoms with van der Waals surface area (Å²) in [5, 5.41) is 4.40. The van der Waals surface area contributed by atoms with Crippen molar-refractivity contribution in [2.75, 3.05) is 12.4 Å². The van der Waals surface area contributed by atoms with Gasteiger partial charge in [-0.1, -0.05) is 6.07 Å². The highest BCUT2D eigenvalue weighted by molar-refractivity contribution is 7.18. The minimum absolute atomic E-state index is 0.617. The molecule has 3 aromatic rings. The highest BCUT2D eigenvalue weighted by Gasteiger charge is 2.06. The summed E-state index contributed by atoms with van der Waals surface area (Å²) in [4.78, 5) is 15.0. The van der Waals surface area contributed by atoms with Crippen molar-refractivity contribution in [3.63, 3.8) is 0 Å². The standard InChI is InChI=1S/C14H14N4OS/c1-9-5-11-13(17-8-18-14(11)20-9)16-7-10-3-4-12(19-2)15-6-10/h3-6,8H,7H2,1-2H3,(H,16,17,18). The molecule has 0 amide bonds. The van der Waals surface area contributed by atoms with Crippen molar-refractivity contribution < 1.29 is 4.74 Å². The largest absolute Gasteiger partial charge is 0.481 e. The average Bonchev–Trinajstić information content (AvgIpc) is 2.86. The topological polar surface area (TPSA) is 59.9 Å². The van der Waals surface area contributed by atoms with Crippen molar-refractivity contribution in [1.82, 2.24) is 15.0 Å². The SMILES string of the molecule is COc1ccc(CNc2ncnc3sc(C)cc23)cn1. The summed E-state index contributed by atoms with van der Waals surface area (Å²) in [5.74, 6) is 1.47. The molecule has 0 aliphatic carbocycles. The van der Waals surface area contributed by atoms with Crippen molar-refractivity contribution in [3.8, 4) is 5.88 Å². The summed E-state index contributed by atoms with van der Waals surface area (Å²) in [7, 11) is 1.61. The van der Waals surface area contributed by atoms with Crippen LogP contribution in [0.2, 0.25) is 0 Å². The van der Waals surface area contributed by atoms with Gasteiger partial charge in [-0.3, -0.25) is 0 Å². The van der Waals surface area contributed by atoms with Crippen molar-refractivity contribution >= 4 is 27.4 Å². The second kappa shape index (κ2) is 5.42. The molecule has 0 spiro atoms. The molecule has 0 atom stereocenters. The third-order valence-electron chi connectivity index (χ3n) is 2.92. The molecule has 0 aliphatic heterocycles. The van der Waals surface area contributed by atoms with E-state index < -0.39 is 0 Å². The van der Waals surface area contributed by atoms with Gasteiger partial charge >= 0.3 is 0 Å². The number of aromatic nitrogens is 3. The molecule has 0 radical (unpaired) electrons. The van der Waals surface area contributed by atoms with Gasteiger partial charge in [-0.15, -0.1) is 11.3 Å². The number of hydrogen-bond acceptors (Lipinski definition) is 6. The summed E-state index contributed by atoms with van der Waals surface area (Å²) in [6, 6.07) is 5.94. The molecule has 0 aliphatic rings. The normalized spacial score (nSPS) is 10.7. The minimum atomic E-state index is 0.617. The van der Waals surface area contributed by atoms with Crippen molar-refractivity contribution in [3.05, 3.63) is 41.2 Å². The van der Waals surface area contributed by atoms with E-state index in [0.29, 0.717) is 12.4 Å². The first-order valence-corrected chi connectivity index (χ1v) is 7.02. The predicted molar refractivity (Wildman–Crippen MR) is 80.3 cm³/mol. The molecule has 3 rings (SSSR count). The maximum absolute atomic E-state index is 5.04. The van der Waals surface area contributed by atoms with E-state index in [0.717, 1.165) is 21.6 Å². The van der Waals surface area contributed by atoms with Crippen LogP contribution in [-0.2, 0) is 6.54 Å². The van der Waals surface area contributed by atoms with Gasteiger partial charge in [-0.25, -0.2) is 15.0 Å². The zero-order valence-electron chi connectivity index (χ0n) is 11.3. The third-order valence-corrected chi connectivity index (χ3v) is 3.88. The van der Waals surface area contributed by atoms with Crippen molar-refractivity contribution in [1.29, 1.82) is 0 Å². The zero-order valence-corrected chi connectivity index (χ0v) is 12.1. The number of hydrogen-bond donors (Lipinski definition) is 1. The fourth-order valence-corrected chi connectivity index (χ4v) is 2.79. The highest BCUT2D eigenvalue weighted by atomic mass is 32.1. The van der Waals surface area contributed by atoms with E-state index in [1.807, 2.05) is 12.1 Å². The Morgan fingerprint density at radius 2 is 2.15 bits per heavy atom. The van der Waals surface area contributed by atoms with Gasteiger partial charge < -0.3 is 10.1 Å². The number of thiophene rings is 1. The van der Waals surface area contributed by atoms with E-state index in [4.69, 9.17) is 4.74 Å². The molecule has 3 aromatic heterocycles. The number of nitrogens with zero attached hydrogens (tertiary/aromatic N) is 3. The van der Waals surface area contributed by atoms with E-state index in [9.17, 15) is 0 Å². The maximum Gasteiger partial charge on any atom is 0.212 e. The second-order valence-electron chi connectivity index (χ2n) is 4.36. The Labute approximate surface area is 120 Å². The lowest BCUT2D eigenvalue weighted by Gasteiger charge is -2.06. The van der Waals surface area contributed by atoms with Gasteiger partial charge in [-0.05, 0) is 18.6 Å². The summed E-state index contributed by atoms with van der Waals surface area (Å²) in [6.45, 7) is 2.74. The van der Waals surface area contributed by atoms with Crippen LogP contribution in [0.25, 0.3) is 10.2 Å². The lowest BCUT2D eigenvalue weighted by Crippen LogP contribution is -2.02. The first-order chi connectivity index (χ1) is 9.76. The van der Waals surface area contributed by atoms with Gasteiger partial charge in [0.15, 0.2) is 0 Å². The Hall–Kier alpha value is -2.21. The van der Waals surface area contributed by atoms with Crippen LogP contribution in [0.3, 0.4) is 0 Å². The Morgan fingerprint density at radius 3 is 2.90 bits per heavy atom. The molecule has 0 saturated carbocycles. The number of fused-ring (bicyclic) bond motifs is 1. The number of nitrogens with one attached hydrogen (secondary N) is 1. The van der Waals surface area contributed by atoms with Crippen LogP contribution in [0.5, 0.6) is 5.88 Å². The van der Waals surface area contributed by atoms with E-state index in [2.05, 4.69) is 33.3 Å². The monoisotopic (exact) mass is 286 g/mol. The molecule has 0 saturated heterocycles. The Morgan fingerprint density at radius 1 is 1.25 bits per heavy atom. The van der Waals surface area contributed by atoms with Gasteiger partial charge in [0.1, 0.15) is 17.0 Å². The Balaban J connectivity index is 1.79. The van der Waals surface area contributed by atoms with Crippen molar-refractivity contribution in [2.45, 2.75) is 13.5 Å². The number of rotatable bonds is 4. The second-order valence-corrected chi connectivity index (χ2v) is 5.60. The summed E-state index contributed by atoms with van der Waals surface area (Å²) in [6.07, 6.45) is 3.38. The van der Waals surface area contributed by atoms with Crippen LogP contribution in [0, 0.1) is 6.92 Å². The van der Waals surface area contributed by atoms with Gasteiger partial charge in [0.05, 0.1) is 12.5 Å². The molecule has 102 valence electrons. The van der Waals surface area contributed by atoms with Crippen LogP contribution in [-0.4, -0.2) is 22.1 Å². The highest BCUT2D eigenvalue weighted by Crippen LogP contribution is 2.27. The van der Waals surface area contributed by atoms with Crippen LogP contribution in [0.15, 0.2) is 30.7 Å². The summed E-state index contributed by atoms with van der Waals surface area (Å²) < 4.78 is 5.04. The molecule has 6 heteroatoms. The van der Waals surface area contributed by atoms with Gasteiger partial charge in [0.2, 0.25) is 5.88 Å². The number of ether oxygens (including phenoxy) is 1. The van der Waals surface area contributed by atoms with Crippen LogP contribution in [0.4, 0.5) is 5.82 Å². The molecule has 0 fully saturated rings. The van der Waals surface area contributed by atoms with Crippen molar-refractivity contribution in [2.24, 2.45) is 0 Å². The summed E-state index contributed by atoms with van der Waals surface area (Å²) in [5.41, 5.74) is 1.07. The Kier molecular flexibility index (Phi) is 3.47. The molecule has 20 heavy (non-hydrogen) atoms. The quantitative estimate of drug-likeness (QED) is 0.799. The summed E-state index contributed by atoms with van der Waals surface area (Å²) >= 11 is 1.67. The lowest BCUT2D eigenvalue weighted by atomic mass is 10.2. The van der Waals surface area contributed by atoms with Gasteiger partial charge in [0.25, 0.3) is 0 Å². The molecular formula is C14H14N4OS. The molecule has 0 bridgehead atoms. The number of methoxy groups -OCH3 is 1. The van der Waals surface area contributed by atoms with E-state index in [1.54, 1.807) is 31.0 Å². The first kappa shape index (κ1) is 12.8. The van der Waals surface area contributed by atoms with E-state index >= 15 is 0 Å². The first-order valence-electron chi connectivity index (χ1n) is 6.20. The zero-order chi connectivity index (χ0) is 13.9. The van der Waals surface area contributed by atoms with Crippen LogP contribution in [0.1, 0.15) is 10.4 Å². The molecule has 0 aromatic carbocycles. The number of aryl methyl sites for hydroxylation is 1. The van der Waals surface area contributed by atoms with E-state index in [-0.39, 0.29) is 0 Å². The van der Waals surface area contributed by atoms with E-state index in [1.165, 1.54) is 4.88 Å². The van der Waals surface area contributed by atoms with Gasteiger partial charge in [0, 0.05) is 23.7 Å². The number of pyridine rings is 1. The fraction of sp³-hybridized carbons (Fsp3) is 0.214. The number of anilines is 1.